The second kappa shape index (κ2) is 5.93. The molecule has 1 N–H and O–H groups in total. The lowest BCUT2D eigenvalue weighted by Crippen LogP contribution is -2.11. The summed E-state index contributed by atoms with van der Waals surface area (Å²) in [6.07, 6.45) is 1.45. The van der Waals surface area contributed by atoms with Crippen LogP contribution in [0.15, 0.2) is 33.3 Å². The summed E-state index contributed by atoms with van der Waals surface area (Å²) in [5.74, 6) is 1.41. The summed E-state index contributed by atoms with van der Waals surface area (Å²) in [7, 11) is 1.90. The van der Waals surface area contributed by atoms with Gasteiger partial charge >= 0.3 is 0 Å². The molecule has 0 aliphatic carbocycles. The number of nitrogens with zero attached hydrogens (tertiary/aromatic N) is 2. The van der Waals surface area contributed by atoms with Gasteiger partial charge in [0.15, 0.2) is 5.82 Å². The summed E-state index contributed by atoms with van der Waals surface area (Å²) in [5.41, 5.74) is 1.15. The van der Waals surface area contributed by atoms with Gasteiger partial charge in [0.1, 0.15) is 0 Å². The Balaban J connectivity index is 2.04. The molecule has 0 aliphatic heterocycles. The first-order chi connectivity index (χ1) is 8.29. The maximum absolute atomic E-state index is 5.21. The maximum atomic E-state index is 5.21. The van der Waals surface area contributed by atoms with E-state index in [1.165, 1.54) is 0 Å². The third-order valence-electron chi connectivity index (χ3n) is 2.41. The molecular formula is C12H14BrN3O. The van der Waals surface area contributed by atoms with Gasteiger partial charge in [-0.1, -0.05) is 39.3 Å². The van der Waals surface area contributed by atoms with Crippen LogP contribution in [0.25, 0.3) is 0 Å². The number of likely N-dealkylation sites (N-methyl/N-ethyl adjacent to an activating group) is 1. The van der Waals surface area contributed by atoms with E-state index in [1.54, 1.807) is 0 Å². The normalized spacial score (nSPS) is 10.7. The van der Waals surface area contributed by atoms with Crippen LogP contribution >= 0.6 is 15.9 Å². The third-order valence-corrected chi connectivity index (χ3v) is 3.18. The van der Waals surface area contributed by atoms with Crippen LogP contribution in [0.2, 0.25) is 0 Å². The Bertz CT molecular complexity index is 484. The minimum Gasteiger partial charge on any atom is -0.339 e. The quantitative estimate of drug-likeness (QED) is 0.919. The Labute approximate surface area is 109 Å². The number of halogens is 1. The average Bonchev–Trinajstić information content (AvgIpc) is 2.77. The summed E-state index contributed by atoms with van der Waals surface area (Å²) in [6, 6.07) is 8.04. The van der Waals surface area contributed by atoms with Crippen LogP contribution < -0.4 is 5.32 Å². The van der Waals surface area contributed by atoms with Gasteiger partial charge in [-0.2, -0.15) is 4.98 Å². The van der Waals surface area contributed by atoms with Crippen LogP contribution in [-0.4, -0.2) is 23.7 Å². The molecule has 4 nitrogen and oxygen atoms in total. The summed E-state index contributed by atoms with van der Waals surface area (Å²) >= 11 is 3.50. The lowest BCUT2D eigenvalue weighted by Gasteiger charge is -1.99. The molecule has 0 amide bonds. The van der Waals surface area contributed by atoms with Crippen molar-refractivity contribution < 1.29 is 4.52 Å². The van der Waals surface area contributed by atoms with Gasteiger partial charge in [-0.15, -0.1) is 0 Å². The molecule has 1 aromatic heterocycles. The molecular weight excluding hydrogens is 282 g/mol. The topological polar surface area (TPSA) is 51.0 Å². The SMILES string of the molecule is CNCCc1noc(Cc2ccccc2Br)n1. The van der Waals surface area contributed by atoms with Crippen molar-refractivity contribution in [2.24, 2.45) is 0 Å². The number of nitrogens with one attached hydrogen (secondary N) is 1. The molecule has 5 heteroatoms. The molecule has 0 radical (unpaired) electrons. The van der Waals surface area contributed by atoms with E-state index >= 15 is 0 Å². The van der Waals surface area contributed by atoms with Crippen molar-refractivity contribution >= 4 is 15.9 Å². The Morgan fingerprint density at radius 3 is 2.94 bits per heavy atom. The first-order valence-corrected chi connectivity index (χ1v) is 6.28. The molecule has 90 valence electrons. The van der Waals surface area contributed by atoms with Crippen molar-refractivity contribution in [1.29, 1.82) is 0 Å². The molecule has 0 unspecified atom stereocenters. The summed E-state index contributed by atoms with van der Waals surface area (Å²) in [6.45, 7) is 0.855. The highest BCUT2D eigenvalue weighted by Crippen LogP contribution is 2.18. The van der Waals surface area contributed by atoms with E-state index < -0.39 is 0 Å². The number of hydrogen-bond donors (Lipinski definition) is 1. The zero-order valence-corrected chi connectivity index (χ0v) is 11.2. The lowest BCUT2D eigenvalue weighted by molar-refractivity contribution is 0.379. The molecule has 1 heterocycles. The maximum Gasteiger partial charge on any atom is 0.231 e. The van der Waals surface area contributed by atoms with Gasteiger partial charge in [0, 0.05) is 17.4 Å². The van der Waals surface area contributed by atoms with Crippen molar-refractivity contribution in [3.8, 4) is 0 Å². The van der Waals surface area contributed by atoms with E-state index in [2.05, 4.69) is 31.4 Å². The summed E-state index contributed by atoms with van der Waals surface area (Å²) in [4.78, 5) is 4.35. The van der Waals surface area contributed by atoms with Crippen LogP contribution in [0.3, 0.4) is 0 Å². The van der Waals surface area contributed by atoms with E-state index in [0.717, 1.165) is 28.8 Å². The highest BCUT2D eigenvalue weighted by molar-refractivity contribution is 9.10. The van der Waals surface area contributed by atoms with Gasteiger partial charge in [0.05, 0.1) is 6.42 Å². The molecule has 0 aliphatic rings. The average molecular weight is 296 g/mol. The number of aromatic nitrogens is 2. The van der Waals surface area contributed by atoms with Gasteiger partial charge < -0.3 is 9.84 Å². The van der Waals surface area contributed by atoms with Crippen LogP contribution in [0.5, 0.6) is 0 Å². The first kappa shape index (κ1) is 12.3. The van der Waals surface area contributed by atoms with Gasteiger partial charge in [-0.05, 0) is 18.7 Å². The fraction of sp³-hybridized carbons (Fsp3) is 0.333. The standard InChI is InChI=1S/C12H14BrN3O/c1-14-7-6-11-15-12(17-16-11)8-9-4-2-3-5-10(9)13/h2-5,14H,6-8H2,1H3. The van der Waals surface area contributed by atoms with Gasteiger partial charge in [-0.25, -0.2) is 0 Å². The van der Waals surface area contributed by atoms with Crippen molar-refractivity contribution in [2.75, 3.05) is 13.6 Å². The molecule has 0 saturated heterocycles. The zero-order valence-electron chi connectivity index (χ0n) is 9.61. The first-order valence-electron chi connectivity index (χ1n) is 5.49. The molecule has 2 aromatic rings. The molecule has 17 heavy (non-hydrogen) atoms. The number of hydrogen-bond acceptors (Lipinski definition) is 4. The second-order valence-electron chi connectivity index (χ2n) is 3.73. The van der Waals surface area contributed by atoms with Crippen LogP contribution in [0.4, 0.5) is 0 Å². The van der Waals surface area contributed by atoms with Gasteiger partial charge in [0.25, 0.3) is 0 Å². The fourth-order valence-electron chi connectivity index (χ4n) is 1.50. The predicted octanol–water partition coefficient (Wildman–Crippen LogP) is 2.18. The van der Waals surface area contributed by atoms with E-state index in [1.807, 2.05) is 31.3 Å². The lowest BCUT2D eigenvalue weighted by atomic mass is 10.1. The van der Waals surface area contributed by atoms with E-state index in [4.69, 9.17) is 4.52 Å². The monoisotopic (exact) mass is 295 g/mol. The van der Waals surface area contributed by atoms with E-state index in [-0.39, 0.29) is 0 Å². The number of benzene rings is 1. The minimum atomic E-state index is 0.656. The molecule has 2 rings (SSSR count). The van der Waals surface area contributed by atoms with Crippen molar-refractivity contribution in [3.05, 3.63) is 46.0 Å². The highest BCUT2D eigenvalue weighted by atomic mass is 79.9. The van der Waals surface area contributed by atoms with E-state index in [9.17, 15) is 0 Å². The fourth-order valence-corrected chi connectivity index (χ4v) is 1.93. The van der Waals surface area contributed by atoms with Crippen LogP contribution in [0, 0.1) is 0 Å². The Hall–Kier alpha value is -1.20. The molecule has 0 bridgehead atoms. The smallest absolute Gasteiger partial charge is 0.231 e. The Kier molecular flexibility index (Phi) is 4.28. The van der Waals surface area contributed by atoms with Crippen molar-refractivity contribution in [1.82, 2.24) is 15.5 Å². The van der Waals surface area contributed by atoms with Gasteiger partial charge in [-0.3, -0.25) is 0 Å². The predicted molar refractivity (Wildman–Crippen MR) is 68.9 cm³/mol. The van der Waals surface area contributed by atoms with Crippen molar-refractivity contribution in [3.63, 3.8) is 0 Å². The molecule has 0 fully saturated rings. The Morgan fingerprint density at radius 2 is 2.18 bits per heavy atom. The largest absolute Gasteiger partial charge is 0.339 e. The Morgan fingerprint density at radius 1 is 1.35 bits per heavy atom. The van der Waals surface area contributed by atoms with E-state index in [0.29, 0.717) is 12.3 Å². The van der Waals surface area contributed by atoms with Crippen molar-refractivity contribution in [2.45, 2.75) is 12.8 Å². The molecule has 1 aromatic carbocycles. The van der Waals surface area contributed by atoms with Crippen LogP contribution in [0.1, 0.15) is 17.3 Å². The number of rotatable bonds is 5. The minimum absolute atomic E-state index is 0.656. The van der Waals surface area contributed by atoms with Gasteiger partial charge in [0.2, 0.25) is 5.89 Å². The third kappa shape index (κ3) is 3.38. The molecule has 0 spiro atoms. The zero-order chi connectivity index (χ0) is 12.1. The summed E-state index contributed by atoms with van der Waals surface area (Å²) < 4.78 is 6.28. The van der Waals surface area contributed by atoms with Crippen LogP contribution in [-0.2, 0) is 12.8 Å². The second-order valence-corrected chi connectivity index (χ2v) is 4.58. The highest BCUT2D eigenvalue weighted by Gasteiger charge is 2.08. The summed E-state index contributed by atoms with van der Waals surface area (Å²) in [5, 5.41) is 6.99. The molecule has 0 atom stereocenters. The molecule has 0 saturated carbocycles.